The van der Waals surface area contributed by atoms with E-state index in [1.807, 2.05) is 0 Å². The third kappa shape index (κ3) is 4.32. The van der Waals surface area contributed by atoms with Crippen molar-refractivity contribution in [1.29, 1.82) is 0 Å². The second-order valence-corrected chi connectivity index (χ2v) is 7.38. The second kappa shape index (κ2) is 8.45. The fourth-order valence-corrected chi connectivity index (χ4v) is 4.34. The monoisotopic (exact) mass is 372 g/mol. The average Bonchev–Trinajstić information content (AvgIpc) is 3.02. The lowest BCUT2D eigenvalue weighted by Gasteiger charge is -2.32. The normalized spacial score (nSPS) is 25.2. The lowest BCUT2D eigenvalue weighted by atomic mass is 9.78. The molecule has 1 amide bonds. The molecule has 1 saturated heterocycles. The Hall–Kier alpha value is -1.20. The Balaban J connectivity index is 0.00000225. The molecule has 1 heterocycles. The first kappa shape index (κ1) is 20.1. The van der Waals surface area contributed by atoms with Gasteiger partial charge in [0.1, 0.15) is 11.6 Å². The summed E-state index contributed by atoms with van der Waals surface area (Å²) in [5.41, 5.74) is -0.453. The maximum absolute atomic E-state index is 14.3. The molecule has 3 nitrogen and oxygen atoms in total. The highest BCUT2D eigenvalue weighted by molar-refractivity contribution is 5.85. The molecule has 0 unspecified atom stereocenters. The Labute approximate surface area is 154 Å². The van der Waals surface area contributed by atoms with Gasteiger partial charge in [-0.05, 0) is 51.3 Å². The molecule has 25 heavy (non-hydrogen) atoms. The summed E-state index contributed by atoms with van der Waals surface area (Å²) >= 11 is 0. The van der Waals surface area contributed by atoms with E-state index in [2.05, 4.69) is 17.6 Å². The summed E-state index contributed by atoms with van der Waals surface area (Å²) in [4.78, 5) is 12.5. The fourth-order valence-electron chi connectivity index (χ4n) is 4.34. The van der Waals surface area contributed by atoms with E-state index in [-0.39, 0.29) is 29.8 Å². The zero-order valence-electron chi connectivity index (χ0n) is 14.6. The number of carbonyl (C=O) groups excluding carboxylic acids is 1. The predicted molar refractivity (Wildman–Crippen MR) is 97.0 cm³/mol. The fraction of sp³-hybridized carbons (Fsp3) is 0.632. The highest BCUT2D eigenvalue weighted by atomic mass is 35.5. The largest absolute Gasteiger partial charge is 0.355 e. The summed E-state index contributed by atoms with van der Waals surface area (Å²) in [6, 6.07) is 4.36. The van der Waals surface area contributed by atoms with Crippen LogP contribution in [-0.2, 0) is 10.2 Å². The standard InChI is InChI=1S/C19H26F2N2O.ClH/c1-13-11-14(7-10-22-13)18(24)23-12-19(8-2-3-9-19)17-15(20)5-4-6-16(17)21;/h4-6,13-14,22H,2-3,7-12H2,1H3,(H,23,24);1H/t13-,14-;/m0./s1. The van der Waals surface area contributed by atoms with Crippen molar-refractivity contribution in [2.24, 2.45) is 5.92 Å². The van der Waals surface area contributed by atoms with Crippen LogP contribution in [0.4, 0.5) is 8.78 Å². The Morgan fingerprint density at radius 2 is 1.92 bits per heavy atom. The molecule has 140 valence electrons. The molecule has 3 rings (SSSR count). The maximum atomic E-state index is 14.3. The molecule has 1 aromatic carbocycles. The van der Waals surface area contributed by atoms with E-state index in [1.54, 1.807) is 0 Å². The minimum absolute atomic E-state index is 0. The van der Waals surface area contributed by atoms with Crippen LogP contribution in [0.5, 0.6) is 0 Å². The van der Waals surface area contributed by atoms with Crippen LogP contribution in [0.1, 0.15) is 51.0 Å². The lowest BCUT2D eigenvalue weighted by molar-refractivity contribution is -0.126. The summed E-state index contributed by atoms with van der Waals surface area (Å²) < 4.78 is 28.6. The van der Waals surface area contributed by atoms with Crippen molar-refractivity contribution in [2.75, 3.05) is 13.1 Å². The smallest absolute Gasteiger partial charge is 0.223 e. The number of halogens is 3. The van der Waals surface area contributed by atoms with E-state index in [9.17, 15) is 13.6 Å². The van der Waals surface area contributed by atoms with Gasteiger partial charge in [0.05, 0.1) is 0 Å². The first-order valence-electron chi connectivity index (χ1n) is 8.97. The van der Waals surface area contributed by atoms with Gasteiger partial charge in [0.15, 0.2) is 0 Å². The van der Waals surface area contributed by atoms with E-state index in [1.165, 1.54) is 18.2 Å². The number of benzene rings is 1. The van der Waals surface area contributed by atoms with Crippen molar-refractivity contribution in [3.63, 3.8) is 0 Å². The van der Waals surface area contributed by atoms with Crippen molar-refractivity contribution >= 4 is 18.3 Å². The molecule has 2 aliphatic rings. The second-order valence-electron chi connectivity index (χ2n) is 7.38. The van der Waals surface area contributed by atoms with Crippen LogP contribution < -0.4 is 10.6 Å². The van der Waals surface area contributed by atoms with E-state index in [4.69, 9.17) is 0 Å². The molecule has 6 heteroatoms. The van der Waals surface area contributed by atoms with Crippen molar-refractivity contribution < 1.29 is 13.6 Å². The number of hydrogen-bond donors (Lipinski definition) is 2. The first-order chi connectivity index (χ1) is 11.5. The van der Waals surface area contributed by atoms with Gasteiger partial charge in [-0.1, -0.05) is 18.9 Å². The number of nitrogens with one attached hydrogen (secondary N) is 2. The molecular weight excluding hydrogens is 346 g/mol. The molecular formula is C19H27ClF2N2O. The molecule has 2 fully saturated rings. The minimum atomic E-state index is -0.608. The first-order valence-corrected chi connectivity index (χ1v) is 8.97. The summed E-state index contributed by atoms with van der Waals surface area (Å²) in [7, 11) is 0. The third-order valence-corrected chi connectivity index (χ3v) is 5.65. The summed E-state index contributed by atoms with van der Waals surface area (Å²) in [6.45, 7) is 3.24. The zero-order chi connectivity index (χ0) is 17.2. The number of rotatable bonds is 4. The molecule has 2 atom stereocenters. The van der Waals surface area contributed by atoms with Gasteiger partial charge >= 0.3 is 0 Å². The van der Waals surface area contributed by atoms with Crippen LogP contribution in [0.3, 0.4) is 0 Å². The van der Waals surface area contributed by atoms with Gasteiger partial charge in [-0.3, -0.25) is 4.79 Å². The van der Waals surface area contributed by atoms with Crippen LogP contribution in [0.25, 0.3) is 0 Å². The molecule has 2 N–H and O–H groups in total. The number of piperidine rings is 1. The Kier molecular flexibility index (Phi) is 6.80. The number of carbonyl (C=O) groups is 1. The van der Waals surface area contributed by atoms with Gasteiger partial charge in [-0.15, -0.1) is 12.4 Å². The maximum Gasteiger partial charge on any atom is 0.223 e. The zero-order valence-corrected chi connectivity index (χ0v) is 15.4. The number of amides is 1. The van der Waals surface area contributed by atoms with Gasteiger partial charge in [-0.2, -0.15) is 0 Å². The van der Waals surface area contributed by atoms with Gasteiger partial charge in [0, 0.05) is 29.5 Å². The molecule has 0 bridgehead atoms. The van der Waals surface area contributed by atoms with Crippen molar-refractivity contribution in [3.8, 4) is 0 Å². The minimum Gasteiger partial charge on any atom is -0.355 e. The van der Waals surface area contributed by atoms with E-state index >= 15 is 0 Å². The third-order valence-electron chi connectivity index (χ3n) is 5.65. The Morgan fingerprint density at radius 3 is 2.52 bits per heavy atom. The van der Waals surface area contributed by atoms with Crippen LogP contribution in [0, 0.1) is 17.6 Å². The summed E-state index contributed by atoms with van der Waals surface area (Å²) in [5.74, 6) is -0.986. The van der Waals surface area contributed by atoms with Crippen molar-refractivity contribution in [1.82, 2.24) is 10.6 Å². The predicted octanol–water partition coefficient (Wildman–Crippen LogP) is 3.70. The van der Waals surface area contributed by atoms with E-state index < -0.39 is 17.0 Å². The van der Waals surface area contributed by atoms with Crippen LogP contribution in [0.15, 0.2) is 18.2 Å². The van der Waals surface area contributed by atoms with Gasteiger partial charge < -0.3 is 10.6 Å². The topological polar surface area (TPSA) is 41.1 Å². The van der Waals surface area contributed by atoms with Gasteiger partial charge in [0.25, 0.3) is 0 Å². The average molecular weight is 373 g/mol. The molecule has 1 aliphatic carbocycles. The molecule has 0 spiro atoms. The van der Waals surface area contributed by atoms with Gasteiger partial charge in [-0.25, -0.2) is 8.78 Å². The van der Waals surface area contributed by atoms with E-state index in [0.29, 0.717) is 25.4 Å². The molecule has 1 saturated carbocycles. The Morgan fingerprint density at radius 1 is 1.28 bits per heavy atom. The molecule has 1 aliphatic heterocycles. The molecule has 1 aromatic rings. The lowest BCUT2D eigenvalue weighted by Crippen LogP contribution is -2.46. The van der Waals surface area contributed by atoms with E-state index in [0.717, 1.165) is 32.2 Å². The summed E-state index contributed by atoms with van der Waals surface area (Å²) in [6.07, 6.45) is 4.94. The van der Waals surface area contributed by atoms with Crippen molar-refractivity contribution in [2.45, 2.75) is 56.9 Å². The van der Waals surface area contributed by atoms with Crippen LogP contribution in [-0.4, -0.2) is 25.0 Å². The van der Waals surface area contributed by atoms with Crippen LogP contribution >= 0.6 is 12.4 Å². The highest BCUT2D eigenvalue weighted by Crippen LogP contribution is 2.42. The number of hydrogen-bond acceptors (Lipinski definition) is 2. The van der Waals surface area contributed by atoms with Gasteiger partial charge in [0.2, 0.25) is 5.91 Å². The Bertz CT molecular complexity index is 585. The quantitative estimate of drug-likeness (QED) is 0.846. The molecule has 0 aromatic heterocycles. The van der Waals surface area contributed by atoms with Crippen LogP contribution in [0.2, 0.25) is 0 Å². The molecule has 0 radical (unpaired) electrons. The van der Waals surface area contributed by atoms with Crippen molar-refractivity contribution in [3.05, 3.63) is 35.4 Å². The SMILES string of the molecule is C[C@H]1C[C@@H](C(=O)NCC2(c3c(F)cccc3F)CCCC2)CCN1.Cl. The summed E-state index contributed by atoms with van der Waals surface area (Å²) in [5, 5.41) is 6.34. The highest BCUT2D eigenvalue weighted by Gasteiger charge is 2.40.